The number of hydrogen-bond donors (Lipinski definition) is 1. The van der Waals surface area contributed by atoms with Crippen LogP contribution >= 0.6 is 15.9 Å². The van der Waals surface area contributed by atoms with Gasteiger partial charge in [0.2, 0.25) is 0 Å². The zero-order valence-corrected chi connectivity index (χ0v) is 10.9. The quantitative estimate of drug-likeness (QED) is 0.897. The van der Waals surface area contributed by atoms with Crippen molar-refractivity contribution in [2.45, 2.75) is 33.2 Å². The molecule has 0 bridgehead atoms. The number of amides is 1. The van der Waals surface area contributed by atoms with E-state index in [9.17, 15) is 4.79 Å². The molecule has 0 fully saturated rings. The predicted molar refractivity (Wildman–Crippen MR) is 66.1 cm³/mol. The lowest BCUT2D eigenvalue weighted by molar-refractivity contribution is 0.0938. The van der Waals surface area contributed by atoms with Crippen LogP contribution in [0.15, 0.2) is 22.7 Å². The highest BCUT2D eigenvalue weighted by Gasteiger charge is 2.12. The first kappa shape index (κ1) is 12.2. The van der Waals surface area contributed by atoms with Gasteiger partial charge in [-0.25, -0.2) is 0 Å². The number of halogens is 1. The third kappa shape index (κ3) is 3.06. The summed E-state index contributed by atoms with van der Waals surface area (Å²) in [5.41, 5.74) is 1.78. The summed E-state index contributed by atoms with van der Waals surface area (Å²) < 4.78 is 0.880. The SMILES string of the molecule is CCC(C)NC(=O)c1cccc(C)c1Br. The molecule has 0 saturated carbocycles. The molecule has 1 atom stereocenters. The zero-order valence-electron chi connectivity index (χ0n) is 9.30. The van der Waals surface area contributed by atoms with E-state index in [1.54, 1.807) is 0 Å². The second-order valence-corrected chi connectivity index (χ2v) is 4.51. The fraction of sp³-hybridized carbons (Fsp3) is 0.417. The van der Waals surface area contributed by atoms with Gasteiger partial charge < -0.3 is 5.32 Å². The number of hydrogen-bond acceptors (Lipinski definition) is 1. The van der Waals surface area contributed by atoms with E-state index in [0.717, 1.165) is 16.5 Å². The molecule has 0 heterocycles. The van der Waals surface area contributed by atoms with Gasteiger partial charge in [-0.05, 0) is 47.8 Å². The highest BCUT2D eigenvalue weighted by atomic mass is 79.9. The lowest BCUT2D eigenvalue weighted by Crippen LogP contribution is -2.32. The molecule has 0 radical (unpaired) electrons. The summed E-state index contributed by atoms with van der Waals surface area (Å²) in [5.74, 6) is -0.0140. The molecule has 0 aromatic heterocycles. The van der Waals surface area contributed by atoms with Crippen LogP contribution in [0.3, 0.4) is 0 Å². The first-order valence-electron chi connectivity index (χ1n) is 5.12. The second-order valence-electron chi connectivity index (χ2n) is 3.72. The van der Waals surface area contributed by atoms with E-state index >= 15 is 0 Å². The Kier molecular flexibility index (Phi) is 4.33. The van der Waals surface area contributed by atoms with Crippen molar-refractivity contribution in [2.24, 2.45) is 0 Å². The molecule has 0 aliphatic rings. The van der Waals surface area contributed by atoms with Crippen LogP contribution in [-0.2, 0) is 0 Å². The van der Waals surface area contributed by atoms with Crippen molar-refractivity contribution >= 4 is 21.8 Å². The molecule has 1 N–H and O–H groups in total. The summed E-state index contributed by atoms with van der Waals surface area (Å²) in [4.78, 5) is 11.8. The molecule has 3 heteroatoms. The van der Waals surface area contributed by atoms with Gasteiger partial charge in [-0.1, -0.05) is 19.1 Å². The van der Waals surface area contributed by atoms with Gasteiger partial charge in [-0.3, -0.25) is 4.79 Å². The Morgan fingerprint density at radius 2 is 2.20 bits per heavy atom. The van der Waals surface area contributed by atoms with Gasteiger partial charge in [0.1, 0.15) is 0 Å². The van der Waals surface area contributed by atoms with Gasteiger partial charge in [-0.15, -0.1) is 0 Å². The van der Waals surface area contributed by atoms with Gasteiger partial charge in [0.25, 0.3) is 5.91 Å². The Bertz CT molecular complexity index is 363. The van der Waals surface area contributed by atoms with Crippen molar-refractivity contribution in [3.63, 3.8) is 0 Å². The first-order chi connectivity index (χ1) is 7.06. The van der Waals surface area contributed by atoms with Crippen molar-refractivity contribution in [1.29, 1.82) is 0 Å². The van der Waals surface area contributed by atoms with E-state index in [1.165, 1.54) is 0 Å². The lowest BCUT2D eigenvalue weighted by atomic mass is 10.1. The van der Waals surface area contributed by atoms with E-state index in [4.69, 9.17) is 0 Å². The van der Waals surface area contributed by atoms with Crippen LogP contribution in [0.2, 0.25) is 0 Å². The van der Waals surface area contributed by atoms with E-state index < -0.39 is 0 Å². The molecular formula is C12H16BrNO. The summed E-state index contributed by atoms with van der Waals surface area (Å²) in [6.07, 6.45) is 0.940. The average Bonchev–Trinajstić information content (AvgIpc) is 2.21. The molecule has 1 rings (SSSR count). The molecule has 1 unspecified atom stereocenters. The maximum absolute atomic E-state index is 11.8. The molecule has 0 aliphatic carbocycles. The summed E-state index contributed by atoms with van der Waals surface area (Å²) >= 11 is 3.43. The number of carbonyl (C=O) groups excluding carboxylic acids is 1. The highest BCUT2D eigenvalue weighted by Crippen LogP contribution is 2.20. The van der Waals surface area contributed by atoms with Crippen LogP contribution in [0.25, 0.3) is 0 Å². The van der Waals surface area contributed by atoms with E-state index in [2.05, 4.69) is 28.2 Å². The van der Waals surface area contributed by atoms with Crippen molar-refractivity contribution < 1.29 is 4.79 Å². The van der Waals surface area contributed by atoms with Gasteiger partial charge in [0.05, 0.1) is 5.56 Å². The molecular weight excluding hydrogens is 254 g/mol. The Morgan fingerprint density at radius 1 is 1.53 bits per heavy atom. The van der Waals surface area contributed by atoms with Crippen LogP contribution < -0.4 is 5.32 Å². The lowest BCUT2D eigenvalue weighted by Gasteiger charge is -2.12. The minimum atomic E-state index is -0.0140. The van der Waals surface area contributed by atoms with Gasteiger partial charge in [0.15, 0.2) is 0 Å². The Labute approximate surface area is 99.2 Å². The Morgan fingerprint density at radius 3 is 2.80 bits per heavy atom. The largest absolute Gasteiger partial charge is 0.350 e. The topological polar surface area (TPSA) is 29.1 Å². The van der Waals surface area contributed by atoms with Crippen molar-refractivity contribution in [1.82, 2.24) is 5.32 Å². The fourth-order valence-electron chi connectivity index (χ4n) is 1.23. The summed E-state index contributed by atoms with van der Waals surface area (Å²) in [5, 5.41) is 2.94. The molecule has 82 valence electrons. The van der Waals surface area contributed by atoms with Crippen molar-refractivity contribution in [2.75, 3.05) is 0 Å². The Hall–Kier alpha value is -0.830. The average molecular weight is 270 g/mol. The van der Waals surface area contributed by atoms with Gasteiger partial charge >= 0.3 is 0 Å². The third-order valence-electron chi connectivity index (χ3n) is 2.43. The predicted octanol–water partition coefficient (Wildman–Crippen LogP) is 3.29. The van der Waals surface area contributed by atoms with E-state index in [-0.39, 0.29) is 11.9 Å². The van der Waals surface area contributed by atoms with Crippen LogP contribution in [-0.4, -0.2) is 11.9 Å². The van der Waals surface area contributed by atoms with Crippen LogP contribution in [0.4, 0.5) is 0 Å². The molecule has 1 aromatic rings. The smallest absolute Gasteiger partial charge is 0.252 e. The summed E-state index contributed by atoms with van der Waals surface area (Å²) in [6.45, 7) is 6.03. The van der Waals surface area contributed by atoms with Crippen LogP contribution in [0, 0.1) is 6.92 Å². The minimum Gasteiger partial charge on any atom is -0.350 e. The zero-order chi connectivity index (χ0) is 11.4. The second kappa shape index (κ2) is 5.31. The molecule has 0 saturated heterocycles. The molecule has 1 amide bonds. The summed E-state index contributed by atoms with van der Waals surface area (Å²) in [7, 11) is 0. The van der Waals surface area contributed by atoms with Crippen LogP contribution in [0.5, 0.6) is 0 Å². The van der Waals surface area contributed by atoms with Crippen molar-refractivity contribution in [3.8, 4) is 0 Å². The van der Waals surface area contributed by atoms with Gasteiger partial charge in [-0.2, -0.15) is 0 Å². The number of benzene rings is 1. The van der Waals surface area contributed by atoms with Crippen LogP contribution in [0.1, 0.15) is 36.2 Å². The molecule has 0 spiro atoms. The number of carbonyl (C=O) groups is 1. The van der Waals surface area contributed by atoms with Crippen molar-refractivity contribution in [3.05, 3.63) is 33.8 Å². The molecule has 1 aromatic carbocycles. The standard InChI is InChI=1S/C12H16BrNO/c1-4-9(3)14-12(15)10-7-5-6-8(2)11(10)13/h5-7,9H,4H2,1-3H3,(H,14,15). The maximum Gasteiger partial charge on any atom is 0.252 e. The van der Waals surface area contributed by atoms with Gasteiger partial charge in [0, 0.05) is 10.5 Å². The van der Waals surface area contributed by atoms with E-state index in [1.807, 2.05) is 32.0 Å². The fourth-order valence-corrected chi connectivity index (χ4v) is 1.67. The number of aryl methyl sites for hydroxylation is 1. The number of rotatable bonds is 3. The molecule has 0 aliphatic heterocycles. The molecule has 2 nitrogen and oxygen atoms in total. The normalized spacial score (nSPS) is 12.3. The third-order valence-corrected chi connectivity index (χ3v) is 3.48. The highest BCUT2D eigenvalue weighted by molar-refractivity contribution is 9.10. The summed E-state index contributed by atoms with van der Waals surface area (Å²) in [6, 6.07) is 5.91. The molecule has 15 heavy (non-hydrogen) atoms. The Balaban J connectivity index is 2.87. The minimum absolute atomic E-state index is 0.0140. The maximum atomic E-state index is 11.8. The number of nitrogens with one attached hydrogen (secondary N) is 1. The monoisotopic (exact) mass is 269 g/mol. The first-order valence-corrected chi connectivity index (χ1v) is 5.91. The van der Waals surface area contributed by atoms with E-state index in [0.29, 0.717) is 5.56 Å².